The molecular weight excluding hydrogens is 701 g/mol. The highest BCUT2D eigenvalue weighted by Crippen LogP contribution is 2.43. The fraction of sp³-hybridized carbons (Fsp3) is 0.727. The lowest BCUT2D eigenvalue weighted by atomic mass is 10.0. The van der Waals surface area contributed by atoms with Crippen LogP contribution in [0.25, 0.3) is 0 Å². The van der Waals surface area contributed by atoms with Crippen molar-refractivity contribution in [3.63, 3.8) is 0 Å². The average Bonchev–Trinajstić information content (AvgIpc) is 3.11. The van der Waals surface area contributed by atoms with Crippen LogP contribution in [0.1, 0.15) is 155 Å². The van der Waals surface area contributed by atoms with Crippen LogP contribution in [0.2, 0.25) is 0 Å². The molecule has 0 saturated heterocycles. The molecule has 0 fully saturated rings. The molecule has 0 saturated carbocycles. The molecular formula is C44H79NO8P+. The zero-order valence-corrected chi connectivity index (χ0v) is 35.8. The van der Waals surface area contributed by atoms with E-state index >= 15 is 0 Å². The quantitative estimate of drug-likeness (QED) is 0.00964. The van der Waals surface area contributed by atoms with Gasteiger partial charge in [0.1, 0.15) is 19.8 Å². The number of phosphoric acid groups is 1. The summed E-state index contributed by atoms with van der Waals surface area (Å²) in [6.07, 6.45) is 42.0. The molecule has 0 spiro atoms. The number of ether oxygens (including phenoxy) is 2. The minimum Gasteiger partial charge on any atom is -0.498 e. The first kappa shape index (κ1) is 51.7. The Balaban J connectivity index is 4.54. The third-order valence-corrected chi connectivity index (χ3v) is 9.61. The lowest BCUT2D eigenvalue weighted by Gasteiger charge is -2.24. The number of rotatable bonds is 38. The number of nitrogens with zero attached hydrogens (tertiary/aromatic N) is 1. The van der Waals surface area contributed by atoms with E-state index in [0.717, 1.165) is 32.1 Å². The summed E-state index contributed by atoms with van der Waals surface area (Å²) < 4.78 is 34.4. The molecule has 312 valence electrons. The van der Waals surface area contributed by atoms with Crippen LogP contribution in [0.15, 0.2) is 60.9 Å². The maximum Gasteiger partial charge on any atom is 0.472 e. The maximum atomic E-state index is 12.6. The Morgan fingerprint density at radius 3 is 1.85 bits per heavy atom. The molecule has 0 aromatic rings. The Hall–Kier alpha value is -2.29. The van der Waals surface area contributed by atoms with Gasteiger partial charge in [-0.3, -0.25) is 18.6 Å². The monoisotopic (exact) mass is 781 g/mol. The largest absolute Gasteiger partial charge is 0.498 e. The SMILES string of the molecule is CCCCC/C=C\C/C=C\C/C=C\C=C\C(=O)CCCC(=O)O[C@H](CO/C=C/CCCCCCCCCCCCCC)COP(=O)(O)OCC[N+](C)(C)C. The number of esters is 1. The molecule has 0 rings (SSSR count). The van der Waals surface area contributed by atoms with Crippen molar-refractivity contribution in [3.05, 3.63) is 60.9 Å². The van der Waals surface area contributed by atoms with E-state index in [2.05, 4.69) is 38.2 Å². The van der Waals surface area contributed by atoms with Gasteiger partial charge in [-0.25, -0.2) is 4.57 Å². The van der Waals surface area contributed by atoms with Gasteiger partial charge in [0.2, 0.25) is 0 Å². The number of likely N-dealkylation sites (N-methyl/N-ethyl adjacent to an activating group) is 1. The lowest BCUT2D eigenvalue weighted by Crippen LogP contribution is -2.37. The van der Waals surface area contributed by atoms with Gasteiger partial charge in [-0.2, -0.15) is 0 Å². The van der Waals surface area contributed by atoms with E-state index in [1.807, 2.05) is 39.4 Å². The second-order valence-electron chi connectivity index (χ2n) is 15.1. The highest BCUT2D eigenvalue weighted by Gasteiger charge is 2.26. The number of ketones is 1. The van der Waals surface area contributed by atoms with E-state index in [1.54, 1.807) is 12.3 Å². The first-order valence-electron chi connectivity index (χ1n) is 21.0. The highest BCUT2D eigenvalue weighted by molar-refractivity contribution is 7.47. The number of hydrogen-bond donors (Lipinski definition) is 1. The van der Waals surface area contributed by atoms with Crippen LogP contribution < -0.4 is 0 Å². The summed E-state index contributed by atoms with van der Waals surface area (Å²) in [5.41, 5.74) is 0. The fourth-order valence-corrected chi connectivity index (χ4v) is 6.04. The van der Waals surface area contributed by atoms with Crippen LogP contribution in [0.4, 0.5) is 0 Å². The molecule has 0 amide bonds. The number of quaternary nitrogens is 1. The van der Waals surface area contributed by atoms with Crippen molar-refractivity contribution in [2.24, 2.45) is 0 Å². The van der Waals surface area contributed by atoms with Gasteiger partial charge >= 0.3 is 13.8 Å². The van der Waals surface area contributed by atoms with E-state index in [-0.39, 0.29) is 38.4 Å². The Morgan fingerprint density at radius 2 is 1.20 bits per heavy atom. The Kier molecular flexibility index (Phi) is 34.8. The number of carbonyl (C=O) groups excluding carboxylic acids is 2. The first-order valence-corrected chi connectivity index (χ1v) is 22.5. The van der Waals surface area contributed by atoms with E-state index in [0.29, 0.717) is 17.4 Å². The van der Waals surface area contributed by atoms with E-state index in [9.17, 15) is 19.0 Å². The van der Waals surface area contributed by atoms with Crippen LogP contribution in [-0.4, -0.2) is 74.7 Å². The second kappa shape index (κ2) is 36.4. The Bertz CT molecular complexity index is 1110. The summed E-state index contributed by atoms with van der Waals surface area (Å²) in [4.78, 5) is 35.1. The van der Waals surface area contributed by atoms with Gasteiger partial charge < -0.3 is 18.9 Å². The molecule has 0 aliphatic carbocycles. The van der Waals surface area contributed by atoms with Crippen LogP contribution >= 0.6 is 7.82 Å². The number of unbranched alkanes of at least 4 members (excludes halogenated alkanes) is 15. The molecule has 1 N–H and O–H groups in total. The van der Waals surface area contributed by atoms with Crippen LogP contribution in [-0.2, 0) is 32.7 Å². The third-order valence-electron chi connectivity index (χ3n) is 8.62. The standard InChI is InChI=1S/C44H78NO8P/c1-6-8-10-12-14-16-18-20-22-24-26-28-30-32-38-50-40-43(41-52-54(48,49)51-39-37-45(3,4)5)53-44(47)36-33-35-42(46)34-31-29-27-25-23-21-19-17-15-13-11-9-7-2/h15,17,21,23,27,29,31-32,34,38,43H,6-14,16,18-20,22,24-26,28,30,33,35-37,39-41H2,1-5H3/p+1/b17-15-,23-21-,29-27-,34-31+,38-32+/t43-/m1/s1. The summed E-state index contributed by atoms with van der Waals surface area (Å²) in [6.45, 7) is 4.60. The number of phosphoric ester groups is 1. The molecule has 9 nitrogen and oxygen atoms in total. The normalized spacial score (nSPS) is 14.3. The summed E-state index contributed by atoms with van der Waals surface area (Å²) in [7, 11) is 1.48. The predicted octanol–water partition coefficient (Wildman–Crippen LogP) is 11.7. The summed E-state index contributed by atoms with van der Waals surface area (Å²) in [5.74, 6) is -0.615. The molecule has 54 heavy (non-hydrogen) atoms. The van der Waals surface area contributed by atoms with Gasteiger partial charge in [0.05, 0.1) is 34.0 Å². The first-order chi connectivity index (χ1) is 26.0. The van der Waals surface area contributed by atoms with Crippen molar-refractivity contribution in [1.29, 1.82) is 0 Å². The molecule has 0 radical (unpaired) electrons. The Labute approximate surface area is 330 Å². The van der Waals surface area contributed by atoms with E-state index < -0.39 is 19.9 Å². The molecule has 0 heterocycles. The molecule has 10 heteroatoms. The molecule has 0 aliphatic heterocycles. The van der Waals surface area contributed by atoms with Crippen LogP contribution in [0.3, 0.4) is 0 Å². The van der Waals surface area contributed by atoms with Gasteiger partial charge in [-0.1, -0.05) is 140 Å². The van der Waals surface area contributed by atoms with Crippen molar-refractivity contribution in [2.75, 3.05) is 47.5 Å². The molecule has 1 unspecified atom stereocenters. The van der Waals surface area contributed by atoms with Crippen LogP contribution in [0, 0.1) is 0 Å². The second-order valence-corrected chi connectivity index (χ2v) is 16.6. The van der Waals surface area contributed by atoms with Crippen molar-refractivity contribution >= 4 is 19.6 Å². The summed E-state index contributed by atoms with van der Waals surface area (Å²) in [5, 5.41) is 0. The van der Waals surface area contributed by atoms with Crippen LogP contribution in [0.5, 0.6) is 0 Å². The highest BCUT2D eigenvalue weighted by atomic mass is 31.2. The Morgan fingerprint density at radius 1 is 0.648 bits per heavy atom. The van der Waals surface area contributed by atoms with E-state index in [4.69, 9.17) is 18.5 Å². The molecule has 2 atom stereocenters. The number of allylic oxidation sites excluding steroid dienone is 9. The minimum atomic E-state index is -4.35. The maximum absolute atomic E-state index is 12.6. The predicted molar refractivity (Wildman–Crippen MR) is 224 cm³/mol. The lowest BCUT2D eigenvalue weighted by molar-refractivity contribution is -0.870. The molecule has 0 aromatic carbocycles. The van der Waals surface area contributed by atoms with Crippen molar-refractivity contribution in [2.45, 2.75) is 161 Å². The van der Waals surface area contributed by atoms with Gasteiger partial charge in [0.25, 0.3) is 0 Å². The fourth-order valence-electron chi connectivity index (χ4n) is 5.29. The number of carbonyl (C=O) groups is 2. The van der Waals surface area contributed by atoms with Gasteiger partial charge in [0.15, 0.2) is 11.9 Å². The van der Waals surface area contributed by atoms with Gasteiger partial charge in [-0.05, 0) is 57.1 Å². The average molecular weight is 781 g/mol. The molecule has 0 bridgehead atoms. The van der Waals surface area contributed by atoms with E-state index in [1.165, 1.54) is 96.0 Å². The third kappa shape index (κ3) is 39.4. The van der Waals surface area contributed by atoms with Gasteiger partial charge in [0, 0.05) is 12.8 Å². The zero-order valence-electron chi connectivity index (χ0n) is 34.9. The molecule has 0 aromatic heterocycles. The number of hydrogen-bond acceptors (Lipinski definition) is 7. The topological polar surface area (TPSA) is 108 Å². The van der Waals surface area contributed by atoms with Gasteiger partial charge in [-0.15, -0.1) is 0 Å². The van der Waals surface area contributed by atoms with Crippen molar-refractivity contribution in [1.82, 2.24) is 0 Å². The minimum absolute atomic E-state index is 0.0232. The smallest absolute Gasteiger partial charge is 0.472 e. The summed E-state index contributed by atoms with van der Waals surface area (Å²) in [6, 6.07) is 0. The van der Waals surface area contributed by atoms with Crippen molar-refractivity contribution < 1.29 is 42.1 Å². The van der Waals surface area contributed by atoms with Crippen molar-refractivity contribution in [3.8, 4) is 0 Å². The summed E-state index contributed by atoms with van der Waals surface area (Å²) >= 11 is 0. The zero-order chi connectivity index (χ0) is 40.0. The molecule has 0 aliphatic rings.